The van der Waals surface area contributed by atoms with Gasteiger partial charge in [0.05, 0.1) is 5.39 Å². The molecule has 6 nitrogen and oxygen atoms in total. The van der Waals surface area contributed by atoms with Crippen LogP contribution in [0.5, 0.6) is 0 Å². The summed E-state index contributed by atoms with van der Waals surface area (Å²) in [5, 5.41) is 8.03. The summed E-state index contributed by atoms with van der Waals surface area (Å²) in [6.07, 6.45) is 6.29. The van der Waals surface area contributed by atoms with E-state index in [9.17, 15) is 9.59 Å². The summed E-state index contributed by atoms with van der Waals surface area (Å²) in [5.41, 5.74) is 0.161. The number of rotatable bonds is 4. The van der Waals surface area contributed by atoms with Crippen molar-refractivity contribution in [3.63, 3.8) is 0 Å². The van der Waals surface area contributed by atoms with Crippen LogP contribution in [0.4, 0.5) is 0 Å². The van der Waals surface area contributed by atoms with Gasteiger partial charge in [-0.3, -0.25) is 4.79 Å². The Labute approximate surface area is 115 Å². The molecular weight excluding hydrogens is 258 g/mol. The zero-order valence-corrected chi connectivity index (χ0v) is 10.9. The fourth-order valence-electron chi connectivity index (χ4n) is 1.53. The van der Waals surface area contributed by atoms with E-state index in [0.717, 1.165) is 4.68 Å². The van der Waals surface area contributed by atoms with Crippen molar-refractivity contribution in [1.82, 2.24) is 15.0 Å². The van der Waals surface area contributed by atoms with Gasteiger partial charge in [0.15, 0.2) is 6.73 Å². The first kappa shape index (κ1) is 13.7. The first-order chi connectivity index (χ1) is 9.72. The number of ether oxygens (including phenoxy) is 1. The van der Waals surface area contributed by atoms with Gasteiger partial charge in [0.2, 0.25) is 0 Å². The first-order valence-electron chi connectivity index (χ1n) is 6.01. The number of nitrogens with zero attached hydrogens (tertiary/aromatic N) is 3. The van der Waals surface area contributed by atoms with Gasteiger partial charge in [-0.05, 0) is 19.1 Å². The smallest absolute Gasteiger partial charge is 0.332 e. The number of allylic oxidation sites excluding steroid dienone is 3. The predicted molar refractivity (Wildman–Crippen MR) is 73.8 cm³/mol. The summed E-state index contributed by atoms with van der Waals surface area (Å²) in [7, 11) is 0. The van der Waals surface area contributed by atoms with Crippen LogP contribution < -0.4 is 5.56 Å². The van der Waals surface area contributed by atoms with Crippen molar-refractivity contribution in [2.45, 2.75) is 13.7 Å². The van der Waals surface area contributed by atoms with Crippen molar-refractivity contribution >= 4 is 16.9 Å². The number of hydrogen-bond acceptors (Lipinski definition) is 5. The Kier molecular flexibility index (Phi) is 4.39. The molecule has 0 fully saturated rings. The molecule has 2 rings (SSSR count). The van der Waals surface area contributed by atoms with E-state index in [1.54, 1.807) is 42.5 Å². The van der Waals surface area contributed by atoms with Crippen LogP contribution in [0, 0.1) is 0 Å². The van der Waals surface area contributed by atoms with E-state index in [0.29, 0.717) is 10.9 Å². The van der Waals surface area contributed by atoms with Gasteiger partial charge in [-0.2, -0.15) is 4.68 Å². The van der Waals surface area contributed by atoms with Gasteiger partial charge in [-0.15, -0.1) is 5.10 Å². The first-order valence-corrected chi connectivity index (χ1v) is 6.01. The molecule has 0 saturated carbocycles. The minimum absolute atomic E-state index is 0.268. The molecule has 1 aromatic carbocycles. The van der Waals surface area contributed by atoms with Gasteiger partial charge in [0, 0.05) is 6.08 Å². The average molecular weight is 271 g/mol. The number of esters is 1. The molecule has 0 amide bonds. The molecule has 0 saturated heterocycles. The van der Waals surface area contributed by atoms with Crippen LogP contribution in [-0.2, 0) is 16.3 Å². The van der Waals surface area contributed by atoms with Crippen LogP contribution in [0.3, 0.4) is 0 Å². The normalized spacial score (nSPS) is 11.4. The highest BCUT2D eigenvalue weighted by atomic mass is 16.5. The van der Waals surface area contributed by atoms with Gasteiger partial charge < -0.3 is 4.74 Å². The van der Waals surface area contributed by atoms with Gasteiger partial charge in [-0.25, -0.2) is 4.79 Å². The molecule has 1 aromatic heterocycles. The number of aromatic nitrogens is 3. The van der Waals surface area contributed by atoms with Crippen molar-refractivity contribution in [2.75, 3.05) is 0 Å². The third-order valence-corrected chi connectivity index (χ3v) is 2.49. The molecule has 20 heavy (non-hydrogen) atoms. The van der Waals surface area contributed by atoms with Crippen LogP contribution in [-0.4, -0.2) is 21.0 Å². The molecule has 6 heteroatoms. The summed E-state index contributed by atoms with van der Waals surface area (Å²) in [6.45, 7) is 1.57. The van der Waals surface area contributed by atoms with Crippen LogP contribution in [0.2, 0.25) is 0 Å². The summed E-state index contributed by atoms with van der Waals surface area (Å²) in [6, 6.07) is 6.85. The molecule has 0 aliphatic rings. The van der Waals surface area contributed by atoms with Crippen LogP contribution >= 0.6 is 0 Å². The Balaban J connectivity index is 2.13. The van der Waals surface area contributed by atoms with E-state index in [1.807, 2.05) is 6.92 Å². The highest BCUT2D eigenvalue weighted by Crippen LogP contribution is 2.03. The maximum atomic E-state index is 12.0. The maximum absolute atomic E-state index is 12.0. The standard InChI is InChI=1S/C14H13N3O3/c1-2-3-4-9-13(18)20-10-17-14(19)11-7-5-6-8-12(11)15-16-17/h2-9H,10H2,1H3/b3-2+,9-4+. The van der Waals surface area contributed by atoms with E-state index >= 15 is 0 Å². The lowest BCUT2D eigenvalue weighted by molar-refractivity contribution is -0.142. The van der Waals surface area contributed by atoms with Gasteiger partial charge in [-0.1, -0.05) is 35.6 Å². The lowest BCUT2D eigenvalue weighted by Gasteiger charge is -2.04. The zero-order chi connectivity index (χ0) is 14.4. The number of carbonyl (C=O) groups is 1. The fourth-order valence-corrected chi connectivity index (χ4v) is 1.53. The topological polar surface area (TPSA) is 74.1 Å². The van der Waals surface area contributed by atoms with Crippen LogP contribution in [0.25, 0.3) is 10.9 Å². The molecule has 0 bridgehead atoms. The number of hydrogen-bond donors (Lipinski definition) is 0. The van der Waals surface area contributed by atoms with Crippen LogP contribution in [0.15, 0.2) is 53.4 Å². The molecule has 0 N–H and O–H groups in total. The largest absolute Gasteiger partial charge is 0.439 e. The van der Waals surface area contributed by atoms with Crippen molar-refractivity contribution in [3.05, 3.63) is 58.9 Å². The van der Waals surface area contributed by atoms with E-state index < -0.39 is 5.97 Å². The number of fused-ring (bicyclic) bond motifs is 1. The zero-order valence-electron chi connectivity index (χ0n) is 10.9. The van der Waals surface area contributed by atoms with E-state index in [2.05, 4.69) is 10.3 Å². The molecule has 2 aromatic rings. The molecule has 102 valence electrons. The minimum Gasteiger partial charge on any atom is -0.439 e. The third-order valence-electron chi connectivity index (χ3n) is 2.49. The molecule has 0 aliphatic carbocycles. The van der Waals surface area contributed by atoms with E-state index in [4.69, 9.17) is 4.74 Å². The molecular formula is C14H13N3O3. The monoisotopic (exact) mass is 271 g/mol. The summed E-state index contributed by atoms with van der Waals surface area (Å²) in [5.74, 6) is -0.551. The molecule has 0 spiro atoms. The molecule has 0 atom stereocenters. The van der Waals surface area contributed by atoms with Crippen molar-refractivity contribution in [1.29, 1.82) is 0 Å². The fraction of sp³-hybridized carbons (Fsp3) is 0.143. The lowest BCUT2D eigenvalue weighted by atomic mass is 10.2. The third kappa shape index (κ3) is 3.17. The van der Waals surface area contributed by atoms with Gasteiger partial charge in [0.1, 0.15) is 5.52 Å². The summed E-state index contributed by atoms with van der Waals surface area (Å²) >= 11 is 0. The minimum atomic E-state index is -0.551. The van der Waals surface area contributed by atoms with E-state index in [-0.39, 0.29) is 12.3 Å². The average Bonchev–Trinajstić information content (AvgIpc) is 2.47. The van der Waals surface area contributed by atoms with Crippen LogP contribution in [0.1, 0.15) is 6.92 Å². The van der Waals surface area contributed by atoms with Crippen molar-refractivity contribution in [2.24, 2.45) is 0 Å². The van der Waals surface area contributed by atoms with Crippen molar-refractivity contribution in [3.8, 4) is 0 Å². The Bertz CT molecular complexity index is 732. The Morgan fingerprint density at radius 2 is 2.15 bits per heavy atom. The second-order valence-electron chi connectivity index (χ2n) is 3.89. The molecule has 0 unspecified atom stereocenters. The Hall–Kier alpha value is -2.76. The second kappa shape index (κ2) is 6.42. The molecule has 0 radical (unpaired) electrons. The molecule has 1 heterocycles. The second-order valence-corrected chi connectivity index (χ2v) is 3.89. The number of carbonyl (C=O) groups excluding carboxylic acids is 1. The Morgan fingerprint density at radius 1 is 1.35 bits per heavy atom. The quantitative estimate of drug-likeness (QED) is 0.477. The van der Waals surface area contributed by atoms with Gasteiger partial charge in [0.25, 0.3) is 5.56 Å². The summed E-state index contributed by atoms with van der Waals surface area (Å²) in [4.78, 5) is 23.4. The molecule has 0 aliphatic heterocycles. The predicted octanol–water partition coefficient (Wildman–Crippen LogP) is 1.42. The maximum Gasteiger partial charge on any atom is 0.332 e. The van der Waals surface area contributed by atoms with E-state index in [1.165, 1.54) is 6.08 Å². The summed E-state index contributed by atoms with van der Waals surface area (Å²) < 4.78 is 5.91. The highest BCUT2D eigenvalue weighted by Gasteiger charge is 2.06. The highest BCUT2D eigenvalue weighted by molar-refractivity contribution is 5.82. The van der Waals surface area contributed by atoms with Gasteiger partial charge >= 0.3 is 5.97 Å². The lowest BCUT2D eigenvalue weighted by Crippen LogP contribution is -2.26. The SMILES string of the molecule is C/C=C/C=C/C(=O)OCn1nnc2ccccc2c1=O. The Morgan fingerprint density at radius 3 is 2.95 bits per heavy atom. The van der Waals surface area contributed by atoms with Crippen molar-refractivity contribution < 1.29 is 9.53 Å². The number of benzene rings is 1.